The minimum absolute atomic E-state index is 0.0491. The highest BCUT2D eigenvalue weighted by Crippen LogP contribution is 2.22. The van der Waals surface area contributed by atoms with Gasteiger partial charge in [-0.05, 0) is 54.8 Å². The van der Waals surface area contributed by atoms with E-state index >= 15 is 0 Å². The van der Waals surface area contributed by atoms with E-state index in [0.29, 0.717) is 22.6 Å². The van der Waals surface area contributed by atoms with Crippen molar-refractivity contribution in [2.75, 3.05) is 20.5 Å². The first-order chi connectivity index (χ1) is 11.6. The fourth-order valence-electron chi connectivity index (χ4n) is 2.29. The summed E-state index contributed by atoms with van der Waals surface area (Å²) in [5.74, 6) is 1.29. The van der Waals surface area contributed by atoms with Gasteiger partial charge in [-0.1, -0.05) is 0 Å². The van der Waals surface area contributed by atoms with Gasteiger partial charge in [0.2, 0.25) is 0 Å². The summed E-state index contributed by atoms with van der Waals surface area (Å²) in [5.41, 5.74) is 1.16. The molecule has 0 amide bonds. The lowest BCUT2D eigenvalue weighted by Crippen LogP contribution is -2.21. The van der Waals surface area contributed by atoms with E-state index in [-0.39, 0.29) is 18.0 Å². The van der Waals surface area contributed by atoms with Crippen molar-refractivity contribution in [3.05, 3.63) is 59.7 Å². The molecule has 0 saturated carbocycles. The summed E-state index contributed by atoms with van der Waals surface area (Å²) in [7, 11) is 3.16. The maximum Gasteiger partial charge on any atom is 0.176 e. The lowest BCUT2D eigenvalue weighted by molar-refractivity contribution is 0.0924. The molecule has 0 aromatic heterocycles. The molecule has 5 heteroatoms. The van der Waals surface area contributed by atoms with Crippen LogP contribution in [0.3, 0.4) is 0 Å². The molecule has 0 aliphatic carbocycles. The Labute approximate surface area is 146 Å². The average Bonchev–Trinajstić information content (AvgIpc) is 2.65. The van der Waals surface area contributed by atoms with Crippen LogP contribution in [-0.4, -0.2) is 37.3 Å². The number of carbonyl (C=O) groups excluding carboxylic acids is 2. The van der Waals surface area contributed by atoms with Crippen LogP contribution in [0.5, 0.6) is 11.5 Å². The minimum atomic E-state index is -0.409. The third kappa shape index (κ3) is 4.38. The number of methoxy groups -OCH3 is 2. The van der Waals surface area contributed by atoms with Crippen LogP contribution >= 0.6 is 11.8 Å². The van der Waals surface area contributed by atoms with Gasteiger partial charge < -0.3 is 9.47 Å². The first-order valence-corrected chi connectivity index (χ1v) is 8.76. The van der Waals surface area contributed by atoms with Gasteiger partial charge in [0.1, 0.15) is 11.5 Å². The summed E-state index contributed by atoms with van der Waals surface area (Å²) in [6.07, 6.45) is 2.01. The highest BCUT2D eigenvalue weighted by Gasteiger charge is 2.23. The second kappa shape index (κ2) is 8.55. The Morgan fingerprint density at radius 1 is 0.875 bits per heavy atom. The number of rotatable bonds is 8. The molecule has 2 aromatic carbocycles. The van der Waals surface area contributed by atoms with Crippen molar-refractivity contribution in [1.82, 2.24) is 0 Å². The summed E-state index contributed by atoms with van der Waals surface area (Å²) in [6, 6.07) is 13.9. The first-order valence-electron chi connectivity index (χ1n) is 7.47. The smallest absolute Gasteiger partial charge is 0.176 e. The number of ether oxygens (including phenoxy) is 2. The third-order valence-electron chi connectivity index (χ3n) is 3.73. The summed E-state index contributed by atoms with van der Waals surface area (Å²) in [4.78, 5) is 25.0. The molecule has 0 fully saturated rings. The van der Waals surface area contributed by atoms with E-state index in [2.05, 4.69) is 0 Å². The Bertz CT molecular complexity index is 692. The van der Waals surface area contributed by atoms with Crippen LogP contribution in [0.2, 0.25) is 0 Å². The third-order valence-corrected chi connectivity index (χ3v) is 4.68. The monoisotopic (exact) mass is 344 g/mol. The molecular formula is C19H20O4S. The zero-order valence-corrected chi connectivity index (χ0v) is 14.8. The summed E-state index contributed by atoms with van der Waals surface area (Å²) in [5, 5.41) is -0.409. The molecule has 0 bridgehead atoms. The maximum absolute atomic E-state index is 12.6. The Morgan fingerprint density at radius 3 is 1.75 bits per heavy atom. The molecule has 0 spiro atoms. The zero-order valence-electron chi connectivity index (χ0n) is 13.9. The first kappa shape index (κ1) is 18.1. The minimum Gasteiger partial charge on any atom is -0.497 e. The van der Waals surface area contributed by atoms with E-state index in [9.17, 15) is 9.59 Å². The highest BCUT2D eigenvalue weighted by atomic mass is 32.2. The van der Waals surface area contributed by atoms with Gasteiger partial charge in [-0.25, -0.2) is 0 Å². The molecule has 24 heavy (non-hydrogen) atoms. The molecule has 1 atom stereocenters. The highest BCUT2D eigenvalue weighted by molar-refractivity contribution is 8.00. The molecule has 0 aliphatic heterocycles. The van der Waals surface area contributed by atoms with Crippen LogP contribution < -0.4 is 9.47 Å². The van der Waals surface area contributed by atoms with Crippen LogP contribution in [0.4, 0.5) is 0 Å². The summed E-state index contributed by atoms with van der Waals surface area (Å²) in [6.45, 7) is 0. The molecule has 126 valence electrons. The zero-order chi connectivity index (χ0) is 17.5. The second-order valence-electron chi connectivity index (χ2n) is 5.17. The number of Topliss-reactive ketones (excluding diaryl/α,β-unsaturated/α-hetero) is 2. The Hall–Kier alpha value is -2.27. The van der Waals surface area contributed by atoms with Gasteiger partial charge in [-0.15, -0.1) is 0 Å². The Kier molecular flexibility index (Phi) is 6.44. The van der Waals surface area contributed by atoms with E-state index in [1.807, 2.05) is 6.26 Å². The van der Waals surface area contributed by atoms with Crippen molar-refractivity contribution in [1.29, 1.82) is 0 Å². The molecule has 2 rings (SSSR count). The van der Waals surface area contributed by atoms with Crippen LogP contribution in [0, 0.1) is 0 Å². The van der Waals surface area contributed by atoms with E-state index in [1.54, 1.807) is 62.8 Å². The SMILES string of the molecule is COc1ccc(C(=O)CC(SC)C(=O)c2ccc(OC)cc2)cc1. The van der Waals surface area contributed by atoms with Gasteiger partial charge in [0.25, 0.3) is 0 Å². The second-order valence-corrected chi connectivity index (χ2v) is 6.21. The molecule has 0 radical (unpaired) electrons. The fourth-order valence-corrected chi connectivity index (χ4v) is 2.96. The summed E-state index contributed by atoms with van der Waals surface area (Å²) >= 11 is 1.39. The molecule has 0 aliphatic rings. The lowest BCUT2D eigenvalue weighted by Gasteiger charge is -2.13. The van der Waals surface area contributed by atoms with Crippen LogP contribution in [-0.2, 0) is 0 Å². The molecule has 0 saturated heterocycles. The average molecular weight is 344 g/mol. The van der Waals surface area contributed by atoms with Crippen molar-refractivity contribution in [2.24, 2.45) is 0 Å². The van der Waals surface area contributed by atoms with Crippen molar-refractivity contribution < 1.29 is 19.1 Å². The summed E-state index contributed by atoms with van der Waals surface area (Å²) < 4.78 is 10.2. The standard InChI is InChI=1S/C19H20O4S/c1-22-15-8-4-13(5-9-15)17(20)12-18(24-3)19(21)14-6-10-16(23-2)11-7-14/h4-11,18H,12H2,1-3H3. The fraction of sp³-hybridized carbons (Fsp3) is 0.263. The van der Waals surface area contributed by atoms with Crippen LogP contribution in [0.25, 0.3) is 0 Å². The van der Waals surface area contributed by atoms with Gasteiger partial charge in [0, 0.05) is 17.5 Å². The van der Waals surface area contributed by atoms with Crippen molar-refractivity contribution in [3.8, 4) is 11.5 Å². The van der Waals surface area contributed by atoms with Crippen molar-refractivity contribution in [3.63, 3.8) is 0 Å². The number of benzene rings is 2. The van der Waals surface area contributed by atoms with Gasteiger partial charge in [0.05, 0.1) is 19.5 Å². The van der Waals surface area contributed by atoms with E-state index < -0.39 is 5.25 Å². The largest absolute Gasteiger partial charge is 0.497 e. The lowest BCUT2D eigenvalue weighted by atomic mass is 10.0. The maximum atomic E-state index is 12.6. The molecular weight excluding hydrogens is 324 g/mol. The number of hydrogen-bond donors (Lipinski definition) is 0. The molecule has 0 N–H and O–H groups in total. The predicted octanol–water partition coefficient (Wildman–Crippen LogP) is 3.89. The van der Waals surface area contributed by atoms with Gasteiger partial charge in [-0.2, -0.15) is 11.8 Å². The van der Waals surface area contributed by atoms with Gasteiger partial charge in [0.15, 0.2) is 11.6 Å². The topological polar surface area (TPSA) is 52.6 Å². The normalized spacial score (nSPS) is 11.6. The van der Waals surface area contributed by atoms with E-state index in [4.69, 9.17) is 9.47 Å². The molecule has 0 heterocycles. The van der Waals surface area contributed by atoms with E-state index in [0.717, 1.165) is 0 Å². The molecule has 4 nitrogen and oxygen atoms in total. The van der Waals surface area contributed by atoms with Crippen LogP contribution in [0.15, 0.2) is 48.5 Å². The predicted molar refractivity (Wildman–Crippen MR) is 96.6 cm³/mol. The quantitative estimate of drug-likeness (QED) is 0.680. The van der Waals surface area contributed by atoms with Crippen LogP contribution in [0.1, 0.15) is 27.1 Å². The number of hydrogen-bond acceptors (Lipinski definition) is 5. The molecule has 2 aromatic rings. The van der Waals surface area contributed by atoms with Crippen molar-refractivity contribution >= 4 is 23.3 Å². The van der Waals surface area contributed by atoms with Gasteiger partial charge >= 0.3 is 0 Å². The van der Waals surface area contributed by atoms with E-state index in [1.165, 1.54) is 11.8 Å². The number of carbonyl (C=O) groups is 2. The molecule has 1 unspecified atom stereocenters. The number of ketones is 2. The van der Waals surface area contributed by atoms with Gasteiger partial charge in [-0.3, -0.25) is 9.59 Å². The van der Waals surface area contributed by atoms with Crippen molar-refractivity contribution in [2.45, 2.75) is 11.7 Å². The Balaban J connectivity index is 2.08. The number of thioether (sulfide) groups is 1. The Morgan fingerprint density at radius 2 is 1.33 bits per heavy atom.